The predicted octanol–water partition coefficient (Wildman–Crippen LogP) is 3.05. The third-order valence-corrected chi connectivity index (χ3v) is 5.24. The first-order valence-corrected chi connectivity index (χ1v) is 9.21. The van der Waals surface area contributed by atoms with Gasteiger partial charge in [0.25, 0.3) is 5.91 Å². The molecule has 1 heterocycles. The number of H-pyrrole nitrogens is 1. The zero-order valence-electron chi connectivity index (χ0n) is 13.6. The molecule has 136 valence electrons. The van der Waals surface area contributed by atoms with E-state index in [2.05, 4.69) is 15.3 Å². The van der Waals surface area contributed by atoms with Gasteiger partial charge in [0.2, 0.25) is 9.84 Å². The largest absolute Gasteiger partial charge is 0.342 e. The summed E-state index contributed by atoms with van der Waals surface area (Å²) in [5, 5.41) is 2.72. The summed E-state index contributed by atoms with van der Waals surface area (Å²) in [5.74, 6) is -3.41. The van der Waals surface area contributed by atoms with E-state index in [-0.39, 0.29) is 5.56 Å². The predicted molar refractivity (Wildman–Crippen MR) is 91.6 cm³/mol. The number of fused-ring (bicyclic) bond motifs is 1. The Bertz CT molecular complexity index is 1010. The average Bonchev–Trinajstić information content (AvgIpc) is 3.06. The number of alkyl halides is 2. The van der Waals surface area contributed by atoms with Crippen molar-refractivity contribution < 1.29 is 22.0 Å². The van der Waals surface area contributed by atoms with Gasteiger partial charge < -0.3 is 10.3 Å². The highest BCUT2D eigenvalue weighted by atomic mass is 32.2. The van der Waals surface area contributed by atoms with Gasteiger partial charge in [-0.1, -0.05) is 12.1 Å². The molecule has 1 amide bonds. The summed E-state index contributed by atoms with van der Waals surface area (Å²) < 4.78 is 47.9. The minimum absolute atomic E-state index is 0.154. The van der Waals surface area contributed by atoms with Gasteiger partial charge >= 0.3 is 5.76 Å². The number of carbonyl (C=O) groups is 1. The first-order chi connectivity index (χ1) is 12.3. The van der Waals surface area contributed by atoms with Crippen molar-refractivity contribution in [1.29, 1.82) is 0 Å². The number of sulfone groups is 1. The van der Waals surface area contributed by atoms with E-state index in [1.54, 1.807) is 6.92 Å². The summed E-state index contributed by atoms with van der Waals surface area (Å²) in [6, 6.07) is 11.3. The Morgan fingerprint density at radius 3 is 2.38 bits per heavy atom. The van der Waals surface area contributed by atoms with Crippen LogP contribution in [0.15, 0.2) is 53.4 Å². The standard InChI is InChI=1S/C17H15F2N3O3S/c1-10(15-21-13-4-2-3-5-14(13)22-15)20-16(23)11-6-8-12(9-7-11)26(24,25)17(18)19/h2-10,17H,1H3,(H,20,23)(H,21,22). The Balaban J connectivity index is 1.75. The van der Waals surface area contributed by atoms with Crippen molar-refractivity contribution in [3.8, 4) is 0 Å². The fourth-order valence-electron chi connectivity index (χ4n) is 2.42. The van der Waals surface area contributed by atoms with Gasteiger partial charge in [-0.3, -0.25) is 4.79 Å². The summed E-state index contributed by atoms with van der Waals surface area (Å²) in [5.41, 5.74) is 1.76. The second kappa shape index (κ2) is 6.83. The van der Waals surface area contributed by atoms with Gasteiger partial charge in [0.15, 0.2) is 0 Å². The van der Waals surface area contributed by atoms with Crippen LogP contribution < -0.4 is 5.32 Å². The molecule has 1 atom stereocenters. The van der Waals surface area contributed by atoms with Crippen molar-refractivity contribution >= 4 is 26.8 Å². The highest BCUT2D eigenvalue weighted by Gasteiger charge is 2.26. The van der Waals surface area contributed by atoms with Gasteiger partial charge in [-0.05, 0) is 43.3 Å². The molecule has 0 aliphatic heterocycles. The molecule has 1 unspecified atom stereocenters. The van der Waals surface area contributed by atoms with Gasteiger partial charge in [0.1, 0.15) is 5.82 Å². The Kier molecular flexibility index (Phi) is 4.73. The van der Waals surface area contributed by atoms with Gasteiger partial charge in [-0.2, -0.15) is 8.78 Å². The number of para-hydroxylation sites is 2. The molecular weight excluding hydrogens is 364 g/mol. The van der Waals surface area contributed by atoms with Crippen LogP contribution >= 0.6 is 0 Å². The maximum absolute atomic E-state index is 12.5. The molecule has 0 aliphatic rings. The molecule has 2 aromatic carbocycles. The summed E-state index contributed by atoms with van der Waals surface area (Å²) in [6.45, 7) is 1.74. The smallest absolute Gasteiger partial charge is 0.341 e. The second-order valence-electron chi connectivity index (χ2n) is 5.66. The van der Waals surface area contributed by atoms with E-state index >= 15 is 0 Å². The number of rotatable bonds is 5. The molecule has 0 spiro atoms. The summed E-state index contributed by atoms with van der Waals surface area (Å²) in [4.78, 5) is 19.3. The van der Waals surface area contributed by atoms with Crippen LogP contribution in [0, 0.1) is 0 Å². The van der Waals surface area contributed by atoms with Gasteiger partial charge in [0.05, 0.1) is 22.0 Å². The van der Waals surface area contributed by atoms with E-state index < -0.39 is 32.4 Å². The number of hydrogen-bond donors (Lipinski definition) is 2. The lowest BCUT2D eigenvalue weighted by Gasteiger charge is -2.12. The maximum Gasteiger partial charge on any atom is 0.341 e. The quantitative estimate of drug-likeness (QED) is 0.713. The number of amides is 1. The monoisotopic (exact) mass is 379 g/mol. The highest BCUT2D eigenvalue weighted by molar-refractivity contribution is 7.91. The van der Waals surface area contributed by atoms with Gasteiger partial charge in [0, 0.05) is 5.56 Å². The van der Waals surface area contributed by atoms with Crippen LogP contribution in [0.3, 0.4) is 0 Å². The van der Waals surface area contributed by atoms with E-state index in [9.17, 15) is 22.0 Å². The molecule has 3 aromatic rings. The van der Waals surface area contributed by atoms with E-state index in [0.717, 1.165) is 23.2 Å². The SMILES string of the molecule is CC(NC(=O)c1ccc(S(=O)(=O)C(F)F)cc1)c1nc2ccccc2[nH]1. The van der Waals surface area contributed by atoms with Crippen molar-refractivity contribution in [2.75, 3.05) is 0 Å². The number of aromatic nitrogens is 2. The van der Waals surface area contributed by atoms with Crippen molar-refractivity contribution in [2.45, 2.75) is 23.6 Å². The van der Waals surface area contributed by atoms with Gasteiger partial charge in [-0.25, -0.2) is 13.4 Å². The van der Waals surface area contributed by atoms with Crippen LogP contribution in [0.5, 0.6) is 0 Å². The molecule has 0 radical (unpaired) electrons. The summed E-state index contributed by atoms with van der Waals surface area (Å²) >= 11 is 0. The number of nitrogens with one attached hydrogen (secondary N) is 2. The van der Waals surface area contributed by atoms with Crippen LogP contribution in [-0.4, -0.2) is 30.1 Å². The summed E-state index contributed by atoms with van der Waals surface area (Å²) in [6.07, 6.45) is 0. The molecule has 9 heteroatoms. The molecule has 0 saturated carbocycles. The Morgan fingerprint density at radius 1 is 1.12 bits per heavy atom. The average molecular weight is 379 g/mol. The van der Waals surface area contributed by atoms with E-state index in [1.807, 2.05) is 24.3 Å². The lowest BCUT2D eigenvalue weighted by molar-refractivity contribution is 0.0938. The Labute approximate surface area is 148 Å². The number of aromatic amines is 1. The number of halogens is 2. The lowest BCUT2D eigenvalue weighted by atomic mass is 10.2. The fourth-order valence-corrected chi connectivity index (χ4v) is 3.15. The topological polar surface area (TPSA) is 91.9 Å². The van der Waals surface area contributed by atoms with E-state index in [1.165, 1.54) is 12.1 Å². The highest BCUT2D eigenvalue weighted by Crippen LogP contribution is 2.19. The maximum atomic E-state index is 12.5. The van der Waals surface area contributed by atoms with Crippen LogP contribution in [0.2, 0.25) is 0 Å². The van der Waals surface area contributed by atoms with Crippen LogP contribution in [0.1, 0.15) is 29.1 Å². The zero-order valence-corrected chi connectivity index (χ0v) is 14.4. The first-order valence-electron chi connectivity index (χ1n) is 7.66. The molecule has 26 heavy (non-hydrogen) atoms. The molecule has 3 rings (SSSR count). The number of benzene rings is 2. The van der Waals surface area contributed by atoms with Crippen LogP contribution in [0.25, 0.3) is 11.0 Å². The first kappa shape index (κ1) is 18.0. The van der Waals surface area contributed by atoms with Crippen molar-refractivity contribution in [1.82, 2.24) is 15.3 Å². The minimum Gasteiger partial charge on any atom is -0.342 e. The number of carbonyl (C=O) groups excluding carboxylic acids is 1. The van der Waals surface area contributed by atoms with E-state index in [4.69, 9.17) is 0 Å². The lowest BCUT2D eigenvalue weighted by Crippen LogP contribution is -2.27. The number of hydrogen-bond acceptors (Lipinski definition) is 4. The molecule has 0 aliphatic carbocycles. The van der Waals surface area contributed by atoms with Crippen molar-refractivity contribution in [2.24, 2.45) is 0 Å². The van der Waals surface area contributed by atoms with Gasteiger partial charge in [-0.15, -0.1) is 0 Å². The van der Waals surface area contributed by atoms with Crippen molar-refractivity contribution in [3.05, 3.63) is 59.9 Å². The van der Waals surface area contributed by atoms with Crippen LogP contribution in [0.4, 0.5) is 8.78 Å². The fraction of sp³-hybridized carbons (Fsp3) is 0.176. The summed E-state index contributed by atoms with van der Waals surface area (Å²) in [7, 11) is -4.68. The molecule has 0 fully saturated rings. The number of imidazole rings is 1. The third-order valence-electron chi connectivity index (χ3n) is 3.85. The molecular formula is C17H15F2N3O3S. The molecule has 0 bridgehead atoms. The van der Waals surface area contributed by atoms with Crippen LogP contribution in [-0.2, 0) is 9.84 Å². The Morgan fingerprint density at radius 2 is 1.77 bits per heavy atom. The molecule has 2 N–H and O–H groups in total. The minimum atomic E-state index is -4.68. The number of nitrogens with zero attached hydrogens (tertiary/aromatic N) is 1. The Hall–Kier alpha value is -2.81. The van der Waals surface area contributed by atoms with E-state index in [0.29, 0.717) is 5.82 Å². The van der Waals surface area contributed by atoms with Crippen molar-refractivity contribution in [3.63, 3.8) is 0 Å². The molecule has 6 nitrogen and oxygen atoms in total. The second-order valence-corrected chi connectivity index (χ2v) is 7.58. The normalized spacial score (nSPS) is 13.1. The molecule has 0 saturated heterocycles. The third kappa shape index (κ3) is 3.43. The molecule has 1 aromatic heterocycles. The zero-order chi connectivity index (χ0) is 18.9.